The lowest BCUT2D eigenvalue weighted by molar-refractivity contribution is -0.114. The first-order chi connectivity index (χ1) is 12.4. The second-order valence-corrected chi connectivity index (χ2v) is 8.04. The van der Waals surface area contributed by atoms with Gasteiger partial charge in [-0.05, 0) is 43.7 Å². The van der Waals surface area contributed by atoms with Gasteiger partial charge in [0.1, 0.15) is 6.54 Å². The van der Waals surface area contributed by atoms with Crippen LogP contribution in [0.1, 0.15) is 12.5 Å². The molecule has 1 aliphatic heterocycles. The lowest BCUT2D eigenvalue weighted by Gasteiger charge is -2.23. The van der Waals surface area contributed by atoms with E-state index in [1.165, 1.54) is 6.92 Å². The van der Waals surface area contributed by atoms with Crippen LogP contribution in [0.5, 0.6) is 11.5 Å². The Balaban J connectivity index is 1.84. The topological polar surface area (TPSA) is 84.9 Å². The molecular weight excluding hydrogens is 356 g/mol. The Hall–Kier alpha value is -2.74. The Morgan fingerprint density at radius 3 is 2.65 bits per heavy atom. The molecule has 0 saturated carbocycles. The van der Waals surface area contributed by atoms with Gasteiger partial charge in [0.25, 0.3) is 0 Å². The van der Waals surface area contributed by atoms with Crippen LogP contribution in [0.15, 0.2) is 42.5 Å². The maximum absolute atomic E-state index is 12.5. The van der Waals surface area contributed by atoms with Crippen molar-refractivity contribution >= 4 is 27.3 Å². The van der Waals surface area contributed by atoms with Crippen molar-refractivity contribution in [3.63, 3.8) is 0 Å². The number of sulfonamides is 1. The summed E-state index contributed by atoms with van der Waals surface area (Å²) in [5.41, 5.74) is 1.97. The Morgan fingerprint density at radius 1 is 1.15 bits per heavy atom. The molecule has 0 fully saturated rings. The van der Waals surface area contributed by atoms with Crippen molar-refractivity contribution in [2.45, 2.75) is 13.8 Å². The molecule has 0 spiro atoms. The summed E-state index contributed by atoms with van der Waals surface area (Å²) in [7, 11) is -3.65. The average Bonchev–Trinajstić information content (AvgIpc) is 3.07. The molecule has 0 atom stereocenters. The molecule has 0 saturated heterocycles. The molecule has 1 heterocycles. The van der Waals surface area contributed by atoms with Crippen LogP contribution in [0.2, 0.25) is 0 Å². The predicted molar refractivity (Wildman–Crippen MR) is 99.2 cm³/mol. The summed E-state index contributed by atoms with van der Waals surface area (Å²) in [6, 6.07) is 12.1. The van der Waals surface area contributed by atoms with E-state index in [9.17, 15) is 13.2 Å². The molecule has 2 aromatic carbocycles. The quantitative estimate of drug-likeness (QED) is 0.837. The average molecular weight is 376 g/mol. The first-order valence-corrected chi connectivity index (χ1v) is 9.76. The number of carbonyl (C=O) groups is 1. The number of aryl methyl sites for hydroxylation is 1. The number of rotatable bonds is 6. The molecule has 1 N–H and O–H groups in total. The summed E-state index contributed by atoms with van der Waals surface area (Å²) >= 11 is 0. The molecule has 0 radical (unpaired) electrons. The number of hydrogen-bond acceptors (Lipinski definition) is 5. The van der Waals surface area contributed by atoms with E-state index in [2.05, 4.69) is 5.32 Å². The number of nitrogens with zero attached hydrogens (tertiary/aromatic N) is 1. The number of fused-ring (bicyclic) bond motifs is 1. The second kappa shape index (κ2) is 7.25. The summed E-state index contributed by atoms with van der Waals surface area (Å²) in [5.74, 6) is 0.453. The molecule has 0 bridgehead atoms. The Kier molecular flexibility index (Phi) is 5.03. The van der Waals surface area contributed by atoms with Gasteiger partial charge in [-0.25, -0.2) is 8.42 Å². The first-order valence-electron chi connectivity index (χ1n) is 8.15. The highest BCUT2D eigenvalue weighted by Crippen LogP contribution is 2.36. The highest BCUT2D eigenvalue weighted by atomic mass is 32.2. The molecule has 3 rings (SSSR count). The van der Waals surface area contributed by atoms with Gasteiger partial charge in [-0.1, -0.05) is 12.1 Å². The van der Waals surface area contributed by atoms with Gasteiger partial charge >= 0.3 is 0 Å². The van der Waals surface area contributed by atoms with E-state index < -0.39 is 15.9 Å². The van der Waals surface area contributed by atoms with E-state index >= 15 is 0 Å². The van der Waals surface area contributed by atoms with Crippen molar-refractivity contribution in [3.8, 4) is 11.5 Å². The molecule has 8 heteroatoms. The third kappa shape index (κ3) is 3.91. The van der Waals surface area contributed by atoms with E-state index in [0.717, 1.165) is 9.87 Å². The molecule has 7 nitrogen and oxygen atoms in total. The zero-order valence-electron chi connectivity index (χ0n) is 14.6. The third-order valence-electron chi connectivity index (χ3n) is 3.93. The molecule has 2 aromatic rings. The second-order valence-electron chi connectivity index (χ2n) is 5.86. The third-order valence-corrected chi connectivity index (χ3v) is 5.67. The van der Waals surface area contributed by atoms with Gasteiger partial charge in [0.2, 0.25) is 22.7 Å². The van der Waals surface area contributed by atoms with E-state index in [4.69, 9.17) is 9.47 Å². The molecule has 26 heavy (non-hydrogen) atoms. The van der Waals surface area contributed by atoms with Crippen molar-refractivity contribution < 1.29 is 22.7 Å². The van der Waals surface area contributed by atoms with Crippen molar-refractivity contribution in [2.24, 2.45) is 0 Å². The van der Waals surface area contributed by atoms with E-state index in [0.29, 0.717) is 22.9 Å². The number of ether oxygens (including phenoxy) is 2. The largest absolute Gasteiger partial charge is 0.454 e. The van der Waals surface area contributed by atoms with Crippen molar-refractivity contribution in [1.82, 2.24) is 0 Å². The van der Waals surface area contributed by atoms with Gasteiger partial charge in [0.15, 0.2) is 11.5 Å². The fraction of sp³-hybridized carbons (Fsp3) is 0.278. The minimum Gasteiger partial charge on any atom is -0.454 e. The number of hydrogen-bond donors (Lipinski definition) is 1. The van der Waals surface area contributed by atoms with Gasteiger partial charge in [-0.2, -0.15) is 0 Å². The van der Waals surface area contributed by atoms with Gasteiger partial charge in [0, 0.05) is 11.8 Å². The smallest absolute Gasteiger partial charge is 0.245 e. The van der Waals surface area contributed by atoms with Crippen LogP contribution in [0.3, 0.4) is 0 Å². The minimum atomic E-state index is -3.65. The molecule has 0 aromatic heterocycles. The minimum absolute atomic E-state index is 0.0904. The van der Waals surface area contributed by atoms with Crippen LogP contribution >= 0.6 is 0 Å². The lowest BCUT2D eigenvalue weighted by Crippen LogP contribution is -2.39. The summed E-state index contributed by atoms with van der Waals surface area (Å²) in [6.07, 6.45) is 0. The number of anilines is 2. The molecule has 0 unspecified atom stereocenters. The summed E-state index contributed by atoms with van der Waals surface area (Å²) < 4.78 is 36.7. The van der Waals surface area contributed by atoms with E-state index in [1.54, 1.807) is 24.3 Å². The normalized spacial score (nSPS) is 12.7. The van der Waals surface area contributed by atoms with E-state index in [1.807, 2.05) is 25.1 Å². The maximum Gasteiger partial charge on any atom is 0.245 e. The van der Waals surface area contributed by atoms with Crippen molar-refractivity contribution in [2.75, 3.05) is 28.7 Å². The monoisotopic (exact) mass is 376 g/mol. The summed E-state index contributed by atoms with van der Waals surface area (Å²) in [4.78, 5) is 12.4. The standard InChI is InChI=1S/C18H20N2O5S/c1-3-26(22,23)20(15-7-8-16-17(10-15)25-12-24-16)11-18(21)19-14-6-4-5-13(2)9-14/h4-10H,3,11-12H2,1-2H3,(H,19,21). The number of nitrogens with one attached hydrogen (secondary N) is 1. The fourth-order valence-corrected chi connectivity index (χ4v) is 3.66. The van der Waals surface area contributed by atoms with Crippen molar-refractivity contribution in [1.29, 1.82) is 0 Å². The fourth-order valence-electron chi connectivity index (χ4n) is 2.60. The van der Waals surface area contributed by atoms with Gasteiger partial charge in [-0.3, -0.25) is 9.10 Å². The first kappa shape index (κ1) is 18.1. The molecule has 0 aliphatic carbocycles. The van der Waals surface area contributed by atoms with Gasteiger partial charge in [-0.15, -0.1) is 0 Å². The predicted octanol–water partition coefficient (Wildman–Crippen LogP) is 2.52. The van der Waals surface area contributed by atoms with Crippen LogP contribution < -0.4 is 19.1 Å². The SMILES string of the molecule is CCS(=O)(=O)N(CC(=O)Nc1cccc(C)c1)c1ccc2c(c1)OCO2. The maximum atomic E-state index is 12.5. The van der Waals surface area contributed by atoms with Crippen LogP contribution in [0, 0.1) is 6.92 Å². The lowest BCUT2D eigenvalue weighted by atomic mass is 10.2. The van der Waals surface area contributed by atoms with Gasteiger partial charge < -0.3 is 14.8 Å². The van der Waals surface area contributed by atoms with Gasteiger partial charge in [0.05, 0.1) is 11.4 Å². The molecule has 138 valence electrons. The Bertz CT molecular complexity index is 927. The summed E-state index contributed by atoms with van der Waals surface area (Å²) in [5, 5.41) is 2.73. The molecule has 1 amide bonds. The van der Waals surface area contributed by atoms with Crippen LogP contribution in [0.25, 0.3) is 0 Å². The number of amides is 1. The highest BCUT2D eigenvalue weighted by Gasteiger charge is 2.25. The molecular formula is C18H20N2O5S. The molecule has 1 aliphatic rings. The zero-order valence-corrected chi connectivity index (χ0v) is 15.4. The van der Waals surface area contributed by atoms with Crippen molar-refractivity contribution in [3.05, 3.63) is 48.0 Å². The number of benzene rings is 2. The Morgan fingerprint density at radius 2 is 1.92 bits per heavy atom. The zero-order chi connectivity index (χ0) is 18.7. The Labute approximate surface area is 152 Å². The summed E-state index contributed by atoms with van der Waals surface area (Å²) in [6.45, 7) is 3.21. The van der Waals surface area contributed by atoms with E-state index in [-0.39, 0.29) is 19.1 Å². The highest BCUT2D eigenvalue weighted by molar-refractivity contribution is 7.92. The van der Waals surface area contributed by atoms with Crippen LogP contribution in [-0.2, 0) is 14.8 Å². The van der Waals surface area contributed by atoms with Crippen LogP contribution in [0.4, 0.5) is 11.4 Å². The van der Waals surface area contributed by atoms with Crippen LogP contribution in [-0.4, -0.2) is 33.4 Å². The number of carbonyl (C=O) groups excluding carboxylic acids is 1.